The number of hydrogen-bond donors (Lipinski definition) is 0. The van der Waals surface area contributed by atoms with Crippen molar-refractivity contribution in [2.24, 2.45) is 0 Å². The van der Waals surface area contributed by atoms with Gasteiger partial charge >= 0.3 is 0 Å². The Morgan fingerprint density at radius 2 is 2.36 bits per heavy atom. The van der Waals surface area contributed by atoms with Crippen molar-refractivity contribution in [1.82, 2.24) is 10.7 Å². The molecule has 0 fully saturated rings. The predicted molar refractivity (Wildman–Crippen MR) is 42.6 cm³/mol. The maximum Gasteiger partial charge on any atom is 0.202 e. The highest BCUT2D eigenvalue weighted by Crippen LogP contribution is 2.17. The van der Waals surface area contributed by atoms with Crippen LogP contribution in [0, 0.1) is 0 Å². The van der Waals surface area contributed by atoms with Gasteiger partial charge in [-0.3, -0.25) is 5.73 Å². The largest absolute Gasteiger partial charge is 0.274 e. The molecule has 6 heteroatoms. The summed E-state index contributed by atoms with van der Waals surface area (Å²) in [7, 11) is -3.20. The van der Waals surface area contributed by atoms with E-state index >= 15 is 0 Å². The van der Waals surface area contributed by atoms with E-state index in [1.165, 1.54) is 5.38 Å². The minimum atomic E-state index is -3.20. The van der Waals surface area contributed by atoms with E-state index in [0.717, 1.165) is 11.3 Å². The fourth-order valence-corrected chi connectivity index (χ4v) is 2.28. The number of thiazole rings is 1. The molecule has 1 radical (unpaired) electrons. The molecule has 0 amide bonds. The van der Waals surface area contributed by atoms with Crippen LogP contribution in [0.4, 0.5) is 5.13 Å². The first-order valence-corrected chi connectivity index (χ1v) is 5.49. The van der Waals surface area contributed by atoms with Crippen LogP contribution < -0.4 is 5.73 Å². The van der Waals surface area contributed by atoms with Gasteiger partial charge in [0.1, 0.15) is 0 Å². The Bertz CT molecular complexity index is 341. The van der Waals surface area contributed by atoms with Crippen LogP contribution in [0.1, 0.15) is 6.92 Å². The minimum absolute atomic E-state index is 0.0231. The Morgan fingerprint density at radius 3 is 2.73 bits per heavy atom. The third kappa shape index (κ3) is 1.69. The topological polar surface area (TPSA) is 70.8 Å². The van der Waals surface area contributed by atoms with Crippen molar-refractivity contribution in [3.8, 4) is 0 Å². The third-order valence-corrected chi connectivity index (χ3v) is 3.59. The molecular formula is C5H7N2O2S2. The van der Waals surface area contributed by atoms with Gasteiger partial charge in [0.2, 0.25) is 5.13 Å². The summed E-state index contributed by atoms with van der Waals surface area (Å²) < 4.78 is 22.2. The second kappa shape index (κ2) is 2.78. The molecular weight excluding hydrogens is 184 g/mol. The number of sulfone groups is 1. The Labute approximate surface area is 69.0 Å². The number of nitrogens with zero attached hydrogens (tertiary/aromatic N) is 1. The highest BCUT2D eigenvalue weighted by atomic mass is 32.2. The van der Waals surface area contributed by atoms with Crippen molar-refractivity contribution in [1.29, 1.82) is 0 Å². The van der Waals surface area contributed by atoms with Crippen molar-refractivity contribution < 1.29 is 8.42 Å². The van der Waals surface area contributed by atoms with Gasteiger partial charge < -0.3 is 0 Å². The van der Waals surface area contributed by atoms with Gasteiger partial charge in [-0.05, 0) is 0 Å². The molecule has 1 aromatic heterocycles. The summed E-state index contributed by atoms with van der Waals surface area (Å²) >= 11 is 1.02. The van der Waals surface area contributed by atoms with Gasteiger partial charge in [-0.15, -0.1) is 11.3 Å². The molecule has 0 aliphatic rings. The molecule has 1 rings (SSSR count). The Balaban J connectivity index is 3.13. The van der Waals surface area contributed by atoms with E-state index in [0.29, 0.717) is 0 Å². The first-order valence-electron chi connectivity index (χ1n) is 2.96. The summed E-state index contributed by atoms with van der Waals surface area (Å²) in [5.41, 5.74) is 7.01. The first kappa shape index (κ1) is 8.48. The molecule has 0 saturated heterocycles. The zero-order valence-corrected chi connectivity index (χ0v) is 7.50. The van der Waals surface area contributed by atoms with Gasteiger partial charge in [0, 0.05) is 5.38 Å². The maximum atomic E-state index is 11.1. The third-order valence-electron chi connectivity index (χ3n) is 1.18. The van der Waals surface area contributed by atoms with E-state index in [4.69, 9.17) is 5.73 Å². The maximum absolute atomic E-state index is 11.1. The SMILES string of the molecule is CCS(=O)(=O)c1csc([NH])n1. The van der Waals surface area contributed by atoms with Crippen LogP contribution in [-0.4, -0.2) is 19.2 Å². The molecule has 0 aliphatic carbocycles. The van der Waals surface area contributed by atoms with Crippen LogP contribution in [-0.2, 0) is 9.84 Å². The fourth-order valence-electron chi connectivity index (χ4n) is 0.550. The molecule has 0 aliphatic heterocycles. The summed E-state index contributed by atoms with van der Waals surface area (Å²) in [6, 6.07) is 0. The van der Waals surface area contributed by atoms with E-state index in [9.17, 15) is 8.42 Å². The molecule has 0 atom stereocenters. The number of nitrogens with one attached hydrogen (secondary N) is 1. The van der Waals surface area contributed by atoms with Crippen LogP contribution in [0.5, 0.6) is 0 Å². The predicted octanol–water partition coefficient (Wildman–Crippen LogP) is 0.851. The Morgan fingerprint density at radius 1 is 1.73 bits per heavy atom. The van der Waals surface area contributed by atoms with Gasteiger partial charge in [0.05, 0.1) is 5.75 Å². The zero-order valence-electron chi connectivity index (χ0n) is 5.86. The lowest BCUT2D eigenvalue weighted by molar-refractivity contribution is 0.594. The number of hydrogen-bond acceptors (Lipinski definition) is 4. The van der Waals surface area contributed by atoms with Crippen molar-refractivity contribution >= 4 is 26.3 Å². The standard InChI is InChI=1S/C5H7N2O2S2/c1-2-11(8,9)4-3-10-5(6)7-4/h3,6H,2H2,1H3. The van der Waals surface area contributed by atoms with Gasteiger partial charge in [0.25, 0.3) is 0 Å². The summed E-state index contributed by atoms with van der Waals surface area (Å²) in [5.74, 6) is 0.0379. The lowest BCUT2D eigenvalue weighted by atomic mass is 11.0. The van der Waals surface area contributed by atoms with Crippen LogP contribution in [0.25, 0.3) is 0 Å². The number of aromatic nitrogens is 1. The molecule has 0 unspecified atom stereocenters. The van der Waals surface area contributed by atoms with Crippen LogP contribution in [0.15, 0.2) is 10.4 Å². The minimum Gasteiger partial charge on any atom is -0.274 e. The van der Waals surface area contributed by atoms with E-state index in [-0.39, 0.29) is 15.9 Å². The summed E-state index contributed by atoms with van der Waals surface area (Å²) in [5, 5.41) is 1.45. The molecule has 61 valence electrons. The summed E-state index contributed by atoms with van der Waals surface area (Å²) in [6.07, 6.45) is 0. The van der Waals surface area contributed by atoms with Crippen LogP contribution >= 0.6 is 11.3 Å². The van der Waals surface area contributed by atoms with Crippen LogP contribution in [0.2, 0.25) is 0 Å². The van der Waals surface area contributed by atoms with E-state index in [1.54, 1.807) is 6.92 Å². The molecule has 4 nitrogen and oxygen atoms in total. The number of rotatable bonds is 2. The van der Waals surface area contributed by atoms with Gasteiger partial charge in [-0.1, -0.05) is 6.92 Å². The zero-order chi connectivity index (χ0) is 8.48. The molecule has 0 saturated carbocycles. The molecule has 0 spiro atoms. The first-order chi connectivity index (χ1) is 5.06. The Hall–Kier alpha value is -0.620. The lowest BCUT2D eigenvalue weighted by Crippen LogP contribution is -2.03. The molecule has 0 aromatic carbocycles. The van der Waals surface area contributed by atoms with Crippen molar-refractivity contribution in [2.75, 3.05) is 5.75 Å². The van der Waals surface area contributed by atoms with Crippen LogP contribution in [0.3, 0.4) is 0 Å². The van der Waals surface area contributed by atoms with Crippen molar-refractivity contribution in [2.45, 2.75) is 11.9 Å². The molecule has 1 heterocycles. The fraction of sp³-hybridized carbons (Fsp3) is 0.400. The van der Waals surface area contributed by atoms with E-state index in [2.05, 4.69) is 4.98 Å². The average Bonchev–Trinajstić information content (AvgIpc) is 2.36. The van der Waals surface area contributed by atoms with Crippen molar-refractivity contribution in [3.63, 3.8) is 0 Å². The smallest absolute Gasteiger partial charge is 0.202 e. The van der Waals surface area contributed by atoms with Gasteiger partial charge in [0.15, 0.2) is 14.9 Å². The monoisotopic (exact) mass is 191 g/mol. The molecule has 0 bridgehead atoms. The summed E-state index contributed by atoms with van der Waals surface area (Å²) in [4.78, 5) is 3.55. The van der Waals surface area contributed by atoms with Gasteiger partial charge in [-0.2, -0.15) is 0 Å². The van der Waals surface area contributed by atoms with E-state index < -0.39 is 9.84 Å². The summed E-state index contributed by atoms with van der Waals surface area (Å²) in [6.45, 7) is 1.55. The molecule has 1 aromatic rings. The Kier molecular flexibility index (Phi) is 2.15. The highest BCUT2D eigenvalue weighted by molar-refractivity contribution is 7.91. The van der Waals surface area contributed by atoms with Gasteiger partial charge in [-0.25, -0.2) is 13.4 Å². The average molecular weight is 191 g/mol. The lowest BCUT2D eigenvalue weighted by Gasteiger charge is -1.92. The second-order valence-corrected chi connectivity index (χ2v) is 4.98. The normalized spacial score (nSPS) is 11.7. The van der Waals surface area contributed by atoms with Crippen molar-refractivity contribution in [3.05, 3.63) is 5.38 Å². The molecule has 11 heavy (non-hydrogen) atoms. The second-order valence-electron chi connectivity index (χ2n) is 1.89. The highest BCUT2D eigenvalue weighted by Gasteiger charge is 2.14. The molecule has 1 N–H and O–H groups in total. The quantitative estimate of drug-likeness (QED) is 0.695. The van der Waals surface area contributed by atoms with E-state index in [1.807, 2.05) is 0 Å².